The number of aromatic amines is 1. The summed E-state index contributed by atoms with van der Waals surface area (Å²) >= 11 is 1.74. The first-order valence-corrected chi connectivity index (χ1v) is 10.3. The maximum Gasteiger partial charge on any atom is 0.255 e. The molecule has 0 spiro atoms. The maximum absolute atomic E-state index is 12.5. The van der Waals surface area contributed by atoms with Gasteiger partial charge in [-0.2, -0.15) is 0 Å². The Kier molecular flexibility index (Phi) is 4.17. The van der Waals surface area contributed by atoms with E-state index in [0.29, 0.717) is 12.5 Å². The minimum atomic E-state index is 0.0523. The van der Waals surface area contributed by atoms with Crippen molar-refractivity contribution in [3.05, 3.63) is 68.3 Å². The van der Waals surface area contributed by atoms with E-state index in [1.807, 2.05) is 6.20 Å². The fourth-order valence-corrected chi connectivity index (χ4v) is 4.77. The molecule has 5 rings (SSSR count). The molecule has 0 radical (unpaired) electrons. The average molecular weight is 379 g/mol. The van der Waals surface area contributed by atoms with Crippen molar-refractivity contribution in [3.8, 4) is 10.6 Å². The summed E-state index contributed by atoms with van der Waals surface area (Å²) in [6.45, 7) is 4.55. The Labute approximate surface area is 162 Å². The van der Waals surface area contributed by atoms with Gasteiger partial charge in [0.1, 0.15) is 10.8 Å². The highest BCUT2D eigenvalue weighted by Gasteiger charge is 2.29. The van der Waals surface area contributed by atoms with Crippen molar-refractivity contribution in [2.24, 2.45) is 0 Å². The van der Waals surface area contributed by atoms with Gasteiger partial charge in [0.05, 0.1) is 11.3 Å². The van der Waals surface area contributed by atoms with Crippen LogP contribution in [0.25, 0.3) is 10.6 Å². The Morgan fingerprint density at radius 3 is 2.96 bits per heavy atom. The van der Waals surface area contributed by atoms with E-state index in [9.17, 15) is 4.79 Å². The van der Waals surface area contributed by atoms with Crippen molar-refractivity contribution < 1.29 is 0 Å². The van der Waals surface area contributed by atoms with Crippen LogP contribution in [-0.2, 0) is 19.5 Å². The maximum atomic E-state index is 12.5. The van der Waals surface area contributed by atoms with Gasteiger partial charge >= 0.3 is 0 Å². The Morgan fingerprint density at radius 1 is 1.30 bits per heavy atom. The largest absolute Gasteiger partial charge is 0.310 e. The van der Waals surface area contributed by atoms with E-state index in [0.717, 1.165) is 54.4 Å². The summed E-state index contributed by atoms with van der Waals surface area (Å²) in [5.41, 5.74) is 4.34. The van der Waals surface area contributed by atoms with E-state index in [2.05, 4.69) is 46.1 Å². The van der Waals surface area contributed by atoms with Crippen LogP contribution in [0.1, 0.15) is 46.3 Å². The lowest BCUT2D eigenvalue weighted by Crippen LogP contribution is -2.35. The van der Waals surface area contributed by atoms with Gasteiger partial charge in [-0.3, -0.25) is 9.69 Å². The van der Waals surface area contributed by atoms with Gasteiger partial charge in [-0.15, -0.1) is 11.3 Å². The number of nitrogens with zero attached hydrogens (tertiary/aromatic N) is 3. The Balaban J connectivity index is 1.33. The zero-order valence-corrected chi connectivity index (χ0v) is 16.2. The molecule has 27 heavy (non-hydrogen) atoms. The summed E-state index contributed by atoms with van der Waals surface area (Å²) in [5, 5.41) is 1.06. The van der Waals surface area contributed by atoms with Gasteiger partial charge in [0.2, 0.25) is 0 Å². The van der Waals surface area contributed by atoms with Gasteiger partial charge in [0.15, 0.2) is 0 Å². The lowest BCUT2D eigenvalue weighted by atomic mass is 10.1. The molecule has 1 saturated carbocycles. The van der Waals surface area contributed by atoms with Gasteiger partial charge < -0.3 is 4.98 Å². The highest BCUT2D eigenvalue weighted by atomic mass is 32.1. The number of hydrogen-bond acceptors (Lipinski definition) is 5. The number of rotatable bonds is 4. The summed E-state index contributed by atoms with van der Waals surface area (Å²) in [4.78, 5) is 28.4. The third-order valence-electron chi connectivity index (χ3n) is 5.44. The molecule has 0 amide bonds. The number of aromatic nitrogens is 3. The van der Waals surface area contributed by atoms with Crippen molar-refractivity contribution in [3.63, 3.8) is 0 Å². The molecule has 0 bridgehead atoms. The van der Waals surface area contributed by atoms with Crippen LogP contribution in [0.5, 0.6) is 0 Å². The molecule has 2 aliphatic rings. The predicted octanol–water partition coefficient (Wildman–Crippen LogP) is 3.64. The Hall–Kier alpha value is -2.31. The summed E-state index contributed by atoms with van der Waals surface area (Å²) < 4.78 is 0. The minimum absolute atomic E-state index is 0.0523. The minimum Gasteiger partial charge on any atom is -0.310 e. The molecule has 1 aromatic carbocycles. The van der Waals surface area contributed by atoms with Crippen molar-refractivity contribution in [1.82, 2.24) is 19.9 Å². The number of benzene rings is 1. The van der Waals surface area contributed by atoms with Crippen molar-refractivity contribution >= 4 is 11.3 Å². The molecule has 1 N–H and O–H groups in total. The smallest absolute Gasteiger partial charge is 0.255 e. The number of nitrogens with one attached hydrogen (secondary N) is 1. The molecular formula is C21H22N4OS. The molecule has 0 saturated heterocycles. The molecule has 2 aromatic heterocycles. The second-order valence-electron chi connectivity index (χ2n) is 7.56. The van der Waals surface area contributed by atoms with Crippen molar-refractivity contribution in [2.75, 3.05) is 6.54 Å². The molecule has 5 nitrogen and oxygen atoms in total. The summed E-state index contributed by atoms with van der Waals surface area (Å²) in [6.07, 6.45) is 5.13. The van der Waals surface area contributed by atoms with Crippen LogP contribution in [0.2, 0.25) is 0 Å². The first-order chi connectivity index (χ1) is 13.2. The highest BCUT2D eigenvalue weighted by Crippen LogP contribution is 2.38. The van der Waals surface area contributed by atoms with Crippen LogP contribution in [0.4, 0.5) is 0 Å². The standard InChI is InChI=1S/C21H22N4OS/c1-13-4-2-3-5-16(13)21-22-10-15(27-21)11-25-9-8-18-17(12-25)20(26)24-19(23-18)14-6-7-14/h2-5,10,14H,6-9,11-12H2,1H3,(H,23,24,26). The normalized spacial score (nSPS) is 17.1. The molecule has 3 aromatic rings. The van der Waals surface area contributed by atoms with E-state index in [4.69, 9.17) is 4.98 Å². The molecule has 0 unspecified atom stereocenters. The molecule has 6 heteroatoms. The second kappa shape index (κ2) is 6.69. The molecular weight excluding hydrogens is 356 g/mol. The molecule has 0 atom stereocenters. The molecule has 1 aliphatic heterocycles. The second-order valence-corrected chi connectivity index (χ2v) is 8.67. The number of fused-ring (bicyclic) bond motifs is 1. The van der Waals surface area contributed by atoms with Gasteiger partial charge in [0.25, 0.3) is 5.56 Å². The lowest BCUT2D eigenvalue weighted by molar-refractivity contribution is 0.243. The van der Waals surface area contributed by atoms with E-state index in [1.54, 1.807) is 11.3 Å². The topological polar surface area (TPSA) is 61.9 Å². The van der Waals surface area contributed by atoms with Crippen LogP contribution < -0.4 is 5.56 Å². The van der Waals surface area contributed by atoms with E-state index >= 15 is 0 Å². The van der Waals surface area contributed by atoms with Gasteiger partial charge in [-0.05, 0) is 25.3 Å². The van der Waals surface area contributed by atoms with Crippen LogP contribution >= 0.6 is 11.3 Å². The summed E-state index contributed by atoms with van der Waals surface area (Å²) in [6, 6.07) is 8.35. The first kappa shape index (κ1) is 16.8. The zero-order chi connectivity index (χ0) is 18.4. The monoisotopic (exact) mass is 378 g/mol. The van der Waals surface area contributed by atoms with Crippen LogP contribution in [0.3, 0.4) is 0 Å². The fraction of sp³-hybridized carbons (Fsp3) is 0.381. The summed E-state index contributed by atoms with van der Waals surface area (Å²) in [5.74, 6) is 1.38. The van der Waals surface area contributed by atoms with Crippen LogP contribution in [0.15, 0.2) is 35.3 Å². The third kappa shape index (κ3) is 3.35. The number of aryl methyl sites for hydroxylation is 1. The predicted molar refractivity (Wildman–Crippen MR) is 107 cm³/mol. The van der Waals surface area contributed by atoms with E-state index in [1.165, 1.54) is 16.0 Å². The number of thiazole rings is 1. The average Bonchev–Trinajstić information content (AvgIpc) is 3.42. The molecule has 1 fully saturated rings. The van der Waals surface area contributed by atoms with Crippen molar-refractivity contribution in [2.45, 2.75) is 45.2 Å². The highest BCUT2D eigenvalue weighted by molar-refractivity contribution is 7.15. The number of hydrogen-bond donors (Lipinski definition) is 1. The van der Waals surface area contributed by atoms with Gasteiger partial charge in [-0.25, -0.2) is 9.97 Å². The third-order valence-corrected chi connectivity index (χ3v) is 6.45. The SMILES string of the molecule is Cc1ccccc1-c1ncc(CN2CCc3nc(C4CC4)[nH]c(=O)c3C2)s1. The molecule has 3 heterocycles. The van der Waals surface area contributed by atoms with Gasteiger partial charge in [-0.1, -0.05) is 24.3 Å². The van der Waals surface area contributed by atoms with Gasteiger partial charge in [0, 0.05) is 48.6 Å². The zero-order valence-electron chi connectivity index (χ0n) is 15.4. The Bertz CT molecular complexity index is 1050. The fourth-order valence-electron chi connectivity index (χ4n) is 3.72. The number of H-pyrrole nitrogens is 1. The first-order valence-electron chi connectivity index (χ1n) is 9.52. The van der Waals surface area contributed by atoms with E-state index < -0.39 is 0 Å². The van der Waals surface area contributed by atoms with Crippen LogP contribution in [0, 0.1) is 6.92 Å². The Morgan fingerprint density at radius 2 is 2.15 bits per heavy atom. The molecule has 138 valence electrons. The quantitative estimate of drug-likeness (QED) is 0.753. The lowest BCUT2D eigenvalue weighted by Gasteiger charge is -2.27. The van der Waals surface area contributed by atoms with E-state index in [-0.39, 0.29) is 5.56 Å². The summed E-state index contributed by atoms with van der Waals surface area (Å²) in [7, 11) is 0. The molecule has 1 aliphatic carbocycles. The van der Waals surface area contributed by atoms with Crippen molar-refractivity contribution in [1.29, 1.82) is 0 Å². The van der Waals surface area contributed by atoms with Crippen LogP contribution in [-0.4, -0.2) is 26.4 Å².